The van der Waals surface area contributed by atoms with Gasteiger partial charge in [0.1, 0.15) is 17.8 Å². The number of halogens is 1. The molecule has 0 saturated heterocycles. The van der Waals surface area contributed by atoms with E-state index in [1.54, 1.807) is 17.8 Å². The first-order valence-corrected chi connectivity index (χ1v) is 8.89. The van der Waals surface area contributed by atoms with Crippen LogP contribution in [0.5, 0.6) is 0 Å². The first-order valence-electron chi connectivity index (χ1n) is 7.77. The third-order valence-corrected chi connectivity index (χ3v) is 4.51. The predicted octanol–water partition coefficient (Wildman–Crippen LogP) is 2.72. The van der Waals surface area contributed by atoms with E-state index in [4.69, 9.17) is 4.84 Å². The smallest absolute Gasteiger partial charge is 0.297 e. The number of hydrogen-bond acceptors (Lipinski definition) is 4. The second kappa shape index (κ2) is 6.76. The van der Waals surface area contributed by atoms with Crippen LogP contribution in [0.1, 0.15) is 23.4 Å². The lowest BCUT2D eigenvalue weighted by Gasteiger charge is -2.11. The lowest BCUT2D eigenvalue weighted by molar-refractivity contribution is 0.0966. The molecule has 24 heavy (non-hydrogen) atoms. The Kier molecular flexibility index (Phi) is 4.71. The average molecular weight is 391 g/mol. The van der Waals surface area contributed by atoms with Crippen molar-refractivity contribution in [2.24, 2.45) is 0 Å². The minimum Gasteiger partial charge on any atom is -0.409 e. The molecule has 0 atom stereocenters. The van der Waals surface area contributed by atoms with Gasteiger partial charge in [0.2, 0.25) is 0 Å². The van der Waals surface area contributed by atoms with Crippen molar-refractivity contribution in [1.82, 2.24) is 19.5 Å². The monoisotopic (exact) mass is 390 g/mol. The maximum Gasteiger partial charge on any atom is 0.297 e. The van der Waals surface area contributed by atoms with Crippen LogP contribution in [0.15, 0.2) is 29.2 Å². The van der Waals surface area contributed by atoms with Crippen molar-refractivity contribution < 1.29 is 4.84 Å². The zero-order chi connectivity index (χ0) is 17.3. The first-order chi connectivity index (χ1) is 11.5. The maximum absolute atomic E-state index is 12.6. The second-order valence-electron chi connectivity index (χ2n) is 5.70. The van der Waals surface area contributed by atoms with Gasteiger partial charge >= 0.3 is 0 Å². The highest BCUT2D eigenvalue weighted by molar-refractivity contribution is 9.09. The van der Waals surface area contributed by atoms with Gasteiger partial charge in [0, 0.05) is 5.33 Å². The number of aromatic nitrogens is 4. The Labute approximate surface area is 148 Å². The van der Waals surface area contributed by atoms with E-state index in [1.165, 1.54) is 15.9 Å². The molecule has 0 saturated carbocycles. The number of aryl methyl sites for hydroxylation is 3. The van der Waals surface area contributed by atoms with Crippen molar-refractivity contribution in [2.45, 2.75) is 27.2 Å². The van der Waals surface area contributed by atoms with Crippen LogP contribution in [-0.4, -0.2) is 31.4 Å². The minimum absolute atomic E-state index is 0.234. The van der Waals surface area contributed by atoms with Gasteiger partial charge in [-0.25, -0.2) is 9.67 Å². The average Bonchev–Trinajstić information content (AvgIpc) is 2.97. The number of hydrogen-bond donors (Lipinski definition) is 0. The van der Waals surface area contributed by atoms with Crippen LogP contribution in [0.25, 0.3) is 16.7 Å². The van der Waals surface area contributed by atoms with E-state index in [0.29, 0.717) is 23.5 Å². The Morgan fingerprint density at radius 1 is 1.21 bits per heavy atom. The summed E-state index contributed by atoms with van der Waals surface area (Å²) in [4.78, 5) is 22.7. The minimum atomic E-state index is -0.234. The zero-order valence-electron chi connectivity index (χ0n) is 13.9. The lowest BCUT2D eigenvalue weighted by Crippen LogP contribution is -2.30. The molecule has 3 aromatic rings. The highest BCUT2D eigenvalue weighted by Gasteiger charge is 2.15. The van der Waals surface area contributed by atoms with E-state index in [-0.39, 0.29) is 5.56 Å². The highest BCUT2D eigenvalue weighted by atomic mass is 79.9. The molecule has 0 spiro atoms. The molecule has 7 heteroatoms. The molecule has 6 nitrogen and oxygen atoms in total. The molecule has 3 rings (SSSR count). The molecular weight excluding hydrogens is 372 g/mol. The number of alkyl halides is 1. The normalized spacial score (nSPS) is 11.2. The summed E-state index contributed by atoms with van der Waals surface area (Å²) in [5.74, 6) is 0.507. The summed E-state index contributed by atoms with van der Waals surface area (Å²) < 4.78 is 2.94. The molecule has 0 aliphatic rings. The van der Waals surface area contributed by atoms with Gasteiger partial charge in [-0.15, -0.1) is 4.73 Å². The summed E-state index contributed by atoms with van der Waals surface area (Å²) >= 11 is 3.34. The first kappa shape index (κ1) is 16.7. The van der Waals surface area contributed by atoms with Crippen LogP contribution in [0.3, 0.4) is 0 Å². The van der Waals surface area contributed by atoms with E-state index in [9.17, 15) is 4.79 Å². The van der Waals surface area contributed by atoms with E-state index in [1.807, 2.05) is 25.1 Å². The van der Waals surface area contributed by atoms with Gasteiger partial charge in [-0.2, -0.15) is 5.10 Å². The molecule has 2 aromatic heterocycles. The quantitative estimate of drug-likeness (QED) is 0.496. The fourth-order valence-electron chi connectivity index (χ4n) is 2.46. The van der Waals surface area contributed by atoms with E-state index < -0.39 is 0 Å². The van der Waals surface area contributed by atoms with Crippen LogP contribution < -0.4 is 10.4 Å². The van der Waals surface area contributed by atoms with Crippen LogP contribution in [0.2, 0.25) is 0 Å². The van der Waals surface area contributed by atoms with Crippen molar-refractivity contribution >= 4 is 27.0 Å². The summed E-state index contributed by atoms with van der Waals surface area (Å²) in [6.07, 6.45) is 2.36. The van der Waals surface area contributed by atoms with Gasteiger partial charge in [-0.1, -0.05) is 22.0 Å². The molecule has 1 aromatic carbocycles. The summed E-state index contributed by atoms with van der Waals surface area (Å²) in [5.41, 5.74) is 3.57. The summed E-state index contributed by atoms with van der Waals surface area (Å²) in [7, 11) is 0. The van der Waals surface area contributed by atoms with Crippen molar-refractivity contribution in [1.29, 1.82) is 0 Å². The van der Waals surface area contributed by atoms with E-state index in [2.05, 4.69) is 32.9 Å². The molecule has 0 amide bonds. The van der Waals surface area contributed by atoms with Crippen LogP contribution in [0.4, 0.5) is 0 Å². The Morgan fingerprint density at radius 2 is 2.00 bits per heavy atom. The number of rotatable bonds is 5. The van der Waals surface area contributed by atoms with Gasteiger partial charge in [-0.05, 0) is 50.5 Å². The second-order valence-corrected chi connectivity index (χ2v) is 6.49. The molecule has 0 aliphatic carbocycles. The highest BCUT2D eigenvalue weighted by Crippen LogP contribution is 2.17. The van der Waals surface area contributed by atoms with E-state index >= 15 is 0 Å². The van der Waals surface area contributed by atoms with Crippen molar-refractivity contribution in [3.8, 4) is 5.69 Å². The molecular formula is C17H19BrN4O2. The number of nitrogens with zero attached hydrogens (tertiary/aromatic N) is 4. The molecule has 0 aliphatic heterocycles. The Morgan fingerprint density at radius 3 is 2.71 bits per heavy atom. The Balaban J connectivity index is 2.10. The third kappa shape index (κ3) is 2.96. The van der Waals surface area contributed by atoms with Gasteiger partial charge in [0.15, 0.2) is 5.65 Å². The molecule has 0 bridgehead atoms. The molecule has 0 fully saturated rings. The number of fused-ring (bicyclic) bond motifs is 1. The molecule has 0 radical (unpaired) electrons. The largest absolute Gasteiger partial charge is 0.409 e. The van der Waals surface area contributed by atoms with Gasteiger partial charge in [0.05, 0.1) is 11.9 Å². The van der Waals surface area contributed by atoms with Crippen molar-refractivity contribution in [3.63, 3.8) is 0 Å². The summed E-state index contributed by atoms with van der Waals surface area (Å²) in [6.45, 7) is 6.32. The molecule has 126 valence electrons. The number of benzene rings is 1. The van der Waals surface area contributed by atoms with Crippen molar-refractivity contribution in [2.75, 3.05) is 11.9 Å². The van der Waals surface area contributed by atoms with Gasteiger partial charge in [0.25, 0.3) is 5.56 Å². The molecule has 2 heterocycles. The third-order valence-electron chi connectivity index (χ3n) is 3.95. The SMILES string of the molecule is Cc1ccc(-n2ncc3c(=O)n(OCCCBr)c(C)nc32)cc1C. The zero-order valence-corrected chi connectivity index (χ0v) is 15.5. The van der Waals surface area contributed by atoms with Crippen molar-refractivity contribution in [3.05, 3.63) is 51.7 Å². The standard InChI is InChI=1S/C17H19BrN4O2/c1-11-5-6-14(9-12(11)2)21-16-15(10-19-21)17(23)22(13(3)20-16)24-8-4-7-18/h5-6,9-10H,4,7-8H2,1-3H3. The van der Waals surface area contributed by atoms with Crippen LogP contribution >= 0.6 is 15.9 Å². The molecule has 0 unspecified atom stereocenters. The predicted molar refractivity (Wildman–Crippen MR) is 97.2 cm³/mol. The maximum atomic E-state index is 12.6. The van der Waals surface area contributed by atoms with E-state index in [0.717, 1.165) is 17.4 Å². The van der Waals surface area contributed by atoms with Gasteiger partial charge < -0.3 is 4.84 Å². The molecule has 0 N–H and O–H groups in total. The summed E-state index contributed by atoms with van der Waals surface area (Å²) in [5, 5.41) is 5.62. The topological polar surface area (TPSA) is 61.9 Å². The van der Waals surface area contributed by atoms with Gasteiger partial charge in [-0.3, -0.25) is 4.79 Å². The lowest BCUT2D eigenvalue weighted by atomic mass is 10.1. The summed E-state index contributed by atoms with van der Waals surface area (Å²) in [6, 6.07) is 6.05. The fraction of sp³-hybridized carbons (Fsp3) is 0.353. The van der Waals surface area contributed by atoms with Crippen LogP contribution in [-0.2, 0) is 0 Å². The fourth-order valence-corrected chi connectivity index (χ4v) is 2.69. The Bertz CT molecular complexity index is 946. The Hall–Kier alpha value is -2.15. The van der Waals surface area contributed by atoms with Crippen LogP contribution in [0, 0.1) is 20.8 Å².